The Morgan fingerprint density at radius 2 is 1.83 bits per heavy atom. The fourth-order valence-corrected chi connectivity index (χ4v) is 3.18. The lowest BCUT2D eigenvalue weighted by Crippen LogP contribution is -2.31. The maximum atomic E-state index is 11.9. The van der Waals surface area contributed by atoms with Gasteiger partial charge in [-0.1, -0.05) is 23.7 Å². The molecule has 2 aliphatic rings. The molecule has 0 aliphatic heterocycles. The smallest absolute Gasteiger partial charge is 0.223 e. The molecule has 2 saturated carbocycles. The van der Waals surface area contributed by atoms with Gasteiger partial charge in [-0.3, -0.25) is 4.79 Å². The van der Waals surface area contributed by atoms with Crippen molar-refractivity contribution in [1.29, 1.82) is 0 Å². The third-order valence-corrected chi connectivity index (χ3v) is 4.49. The zero-order chi connectivity index (χ0) is 12.5. The van der Waals surface area contributed by atoms with Gasteiger partial charge in [-0.25, -0.2) is 0 Å². The summed E-state index contributed by atoms with van der Waals surface area (Å²) in [4.78, 5) is 11.9. The minimum Gasteiger partial charge on any atom is -0.356 e. The van der Waals surface area contributed by atoms with E-state index in [-0.39, 0.29) is 5.91 Å². The van der Waals surface area contributed by atoms with Gasteiger partial charge in [-0.05, 0) is 55.2 Å². The number of fused-ring (bicyclic) bond motifs is 1. The van der Waals surface area contributed by atoms with Gasteiger partial charge < -0.3 is 5.32 Å². The molecule has 1 amide bonds. The van der Waals surface area contributed by atoms with Crippen molar-refractivity contribution in [2.24, 2.45) is 17.8 Å². The molecule has 0 radical (unpaired) electrons. The Morgan fingerprint density at radius 1 is 1.17 bits per heavy atom. The number of carbonyl (C=O) groups excluding carboxylic acids is 1. The van der Waals surface area contributed by atoms with Crippen LogP contribution in [0.4, 0.5) is 0 Å². The molecule has 3 heteroatoms. The third kappa shape index (κ3) is 2.69. The van der Waals surface area contributed by atoms with Gasteiger partial charge in [-0.2, -0.15) is 0 Å². The molecule has 1 aromatic rings. The number of halogens is 1. The molecule has 2 nitrogen and oxygen atoms in total. The summed E-state index contributed by atoms with van der Waals surface area (Å²) in [7, 11) is 0. The van der Waals surface area contributed by atoms with Crippen molar-refractivity contribution in [3.63, 3.8) is 0 Å². The number of benzene rings is 1. The van der Waals surface area contributed by atoms with Gasteiger partial charge >= 0.3 is 0 Å². The van der Waals surface area contributed by atoms with Crippen molar-refractivity contribution in [3.05, 3.63) is 34.9 Å². The zero-order valence-corrected chi connectivity index (χ0v) is 11.1. The maximum Gasteiger partial charge on any atom is 0.223 e. The van der Waals surface area contributed by atoms with Crippen molar-refractivity contribution >= 4 is 17.5 Å². The lowest BCUT2D eigenvalue weighted by Gasteiger charge is -2.12. The number of hydrogen-bond acceptors (Lipinski definition) is 1. The highest BCUT2D eigenvalue weighted by atomic mass is 35.5. The fraction of sp³-hybridized carbons (Fsp3) is 0.533. The monoisotopic (exact) mass is 263 g/mol. The minimum absolute atomic E-state index is 0.260. The molecule has 2 fully saturated rings. The standard InChI is InChI=1S/C15H18ClNO/c16-14-3-1-10(2-4-14)5-6-17-15(18)13-8-11-7-12(11)9-13/h1-4,11-13H,5-9H2,(H,17,18). The van der Waals surface area contributed by atoms with E-state index in [0.717, 1.165) is 42.7 Å². The highest BCUT2D eigenvalue weighted by Gasteiger charge is 2.47. The lowest BCUT2D eigenvalue weighted by molar-refractivity contribution is -0.125. The summed E-state index contributed by atoms with van der Waals surface area (Å²) in [6.07, 6.45) is 4.49. The highest BCUT2D eigenvalue weighted by Crippen LogP contribution is 2.54. The van der Waals surface area contributed by atoms with Crippen molar-refractivity contribution in [2.45, 2.75) is 25.7 Å². The largest absolute Gasteiger partial charge is 0.356 e. The van der Waals surface area contributed by atoms with E-state index in [0.29, 0.717) is 5.92 Å². The summed E-state index contributed by atoms with van der Waals surface area (Å²) in [5.41, 5.74) is 1.22. The fourth-order valence-electron chi connectivity index (χ4n) is 3.05. The number of hydrogen-bond donors (Lipinski definition) is 1. The van der Waals surface area contributed by atoms with Gasteiger partial charge in [0.15, 0.2) is 0 Å². The van der Waals surface area contributed by atoms with Crippen molar-refractivity contribution < 1.29 is 4.79 Å². The van der Waals surface area contributed by atoms with E-state index in [4.69, 9.17) is 11.6 Å². The molecule has 1 aromatic carbocycles. The number of rotatable bonds is 4. The average Bonchev–Trinajstić information content (AvgIpc) is 2.98. The molecule has 18 heavy (non-hydrogen) atoms. The normalized spacial score (nSPS) is 28.8. The maximum absolute atomic E-state index is 11.9. The predicted octanol–water partition coefficient (Wildman–Crippen LogP) is 3.04. The Morgan fingerprint density at radius 3 is 2.50 bits per heavy atom. The van der Waals surface area contributed by atoms with Crippen LogP contribution in [0.5, 0.6) is 0 Å². The second kappa shape index (κ2) is 4.93. The topological polar surface area (TPSA) is 29.1 Å². The molecule has 0 spiro atoms. The van der Waals surface area contributed by atoms with Crippen LogP contribution in [-0.2, 0) is 11.2 Å². The van der Waals surface area contributed by atoms with Crippen molar-refractivity contribution in [2.75, 3.05) is 6.54 Å². The van der Waals surface area contributed by atoms with E-state index in [9.17, 15) is 4.79 Å². The highest BCUT2D eigenvalue weighted by molar-refractivity contribution is 6.30. The minimum atomic E-state index is 0.260. The van der Waals surface area contributed by atoms with Crippen LogP contribution < -0.4 is 5.32 Å². The van der Waals surface area contributed by atoms with Crippen molar-refractivity contribution in [1.82, 2.24) is 5.32 Å². The van der Waals surface area contributed by atoms with Gasteiger partial charge in [0.1, 0.15) is 0 Å². The lowest BCUT2D eigenvalue weighted by atomic mass is 10.0. The molecular weight excluding hydrogens is 246 g/mol. The molecule has 0 heterocycles. The van der Waals surface area contributed by atoms with Gasteiger partial charge in [-0.15, -0.1) is 0 Å². The molecule has 2 atom stereocenters. The number of amides is 1. The van der Waals surface area contributed by atoms with E-state index in [1.807, 2.05) is 24.3 Å². The molecule has 1 N–H and O–H groups in total. The van der Waals surface area contributed by atoms with E-state index in [2.05, 4.69) is 5.32 Å². The quantitative estimate of drug-likeness (QED) is 0.889. The first-order valence-electron chi connectivity index (χ1n) is 6.74. The summed E-state index contributed by atoms with van der Waals surface area (Å²) in [5.74, 6) is 2.30. The summed E-state index contributed by atoms with van der Waals surface area (Å²) in [5, 5.41) is 3.81. The first kappa shape index (κ1) is 12.0. The van der Waals surface area contributed by atoms with Gasteiger partial charge in [0.2, 0.25) is 5.91 Å². The summed E-state index contributed by atoms with van der Waals surface area (Å²) >= 11 is 5.83. The van der Waals surface area contributed by atoms with Crippen LogP contribution in [0.2, 0.25) is 5.02 Å². The molecule has 0 aromatic heterocycles. The molecule has 0 saturated heterocycles. The van der Waals surface area contributed by atoms with E-state index >= 15 is 0 Å². The number of carbonyl (C=O) groups is 1. The van der Waals surface area contributed by atoms with Crippen LogP contribution in [0.3, 0.4) is 0 Å². The molecular formula is C15H18ClNO. The SMILES string of the molecule is O=C(NCCc1ccc(Cl)cc1)C1CC2CC2C1. The Bertz CT molecular complexity index is 432. The van der Waals surface area contributed by atoms with Crippen LogP contribution in [0.25, 0.3) is 0 Å². The number of nitrogens with one attached hydrogen (secondary N) is 1. The summed E-state index contributed by atoms with van der Waals surface area (Å²) in [6.45, 7) is 0.728. The zero-order valence-electron chi connectivity index (χ0n) is 10.4. The predicted molar refractivity (Wildman–Crippen MR) is 72.5 cm³/mol. The Balaban J connectivity index is 1.41. The molecule has 2 aliphatic carbocycles. The Hall–Kier alpha value is -1.02. The van der Waals surface area contributed by atoms with Crippen LogP contribution >= 0.6 is 11.6 Å². The third-order valence-electron chi connectivity index (χ3n) is 4.24. The van der Waals surface area contributed by atoms with Crippen LogP contribution in [-0.4, -0.2) is 12.5 Å². The van der Waals surface area contributed by atoms with Gasteiger partial charge in [0, 0.05) is 17.5 Å². The first-order chi connectivity index (χ1) is 8.72. The Labute approximate surface area is 113 Å². The second-order valence-electron chi connectivity index (χ2n) is 5.59. The van der Waals surface area contributed by atoms with E-state index in [1.165, 1.54) is 12.0 Å². The molecule has 3 rings (SSSR count). The van der Waals surface area contributed by atoms with E-state index < -0.39 is 0 Å². The van der Waals surface area contributed by atoms with E-state index in [1.54, 1.807) is 0 Å². The van der Waals surface area contributed by atoms with Crippen LogP contribution in [0.1, 0.15) is 24.8 Å². The second-order valence-corrected chi connectivity index (χ2v) is 6.03. The summed E-state index contributed by atoms with van der Waals surface area (Å²) in [6, 6.07) is 7.81. The van der Waals surface area contributed by atoms with Crippen molar-refractivity contribution in [3.8, 4) is 0 Å². The Kier molecular flexibility index (Phi) is 3.29. The molecule has 0 bridgehead atoms. The van der Waals surface area contributed by atoms with Gasteiger partial charge in [0.05, 0.1) is 0 Å². The first-order valence-corrected chi connectivity index (χ1v) is 7.12. The van der Waals surface area contributed by atoms with Gasteiger partial charge in [0.25, 0.3) is 0 Å². The molecule has 96 valence electrons. The average molecular weight is 264 g/mol. The van der Waals surface area contributed by atoms with Crippen LogP contribution in [0.15, 0.2) is 24.3 Å². The summed E-state index contributed by atoms with van der Waals surface area (Å²) < 4.78 is 0. The molecule has 2 unspecified atom stereocenters. The van der Waals surface area contributed by atoms with Crippen LogP contribution in [0, 0.1) is 17.8 Å².